The van der Waals surface area contributed by atoms with Crippen LogP contribution in [0.4, 0.5) is 13.2 Å². The lowest BCUT2D eigenvalue weighted by Crippen LogP contribution is -2.37. The number of hydrogen-bond donors (Lipinski definition) is 1. The number of alkyl halides is 3. The first kappa shape index (κ1) is 14.9. The van der Waals surface area contributed by atoms with E-state index in [9.17, 15) is 22.8 Å². The van der Waals surface area contributed by atoms with Crippen molar-refractivity contribution in [2.45, 2.75) is 12.6 Å². The van der Waals surface area contributed by atoms with Crippen LogP contribution < -0.4 is 5.32 Å². The molecule has 0 spiro atoms. The Bertz CT molecular complexity index is 467. The lowest BCUT2D eigenvalue weighted by Gasteiger charge is -2.06. The molecule has 0 saturated carbocycles. The maximum atomic E-state index is 11.8. The van der Waals surface area contributed by atoms with Crippen LogP contribution in [0, 0.1) is 0 Å². The molecule has 0 bridgehead atoms. The molecule has 3 nitrogen and oxygen atoms in total. The Kier molecular flexibility index (Phi) is 5.29. The number of halogens is 3. The van der Waals surface area contributed by atoms with E-state index < -0.39 is 12.1 Å². The maximum Gasteiger partial charge on any atom is 0.471 e. The number of carbonyl (C=O) groups is 2. The van der Waals surface area contributed by atoms with E-state index in [0.717, 1.165) is 5.56 Å². The highest BCUT2D eigenvalue weighted by atomic mass is 19.4. The Morgan fingerprint density at radius 1 is 1.16 bits per heavy atom. The van der Waals surface area contributed by atoms with E-state index in [4.69, 9.17) is 0 Å². The zero-order chi connectivity index (χ0) is 14.3. The van der Waals surface area contributed by atoms with E-state index in [1.165, 1.54) is 6.08 Å². The third-order valence-electron chi connectivity index (χ3n) is 2.18. The summed E-state index contributed by atoms with van der Waals surface area (Å²) in [5, 5.41) is 1.63. The van der Waals surface area contributed by atoms with Gasteiger partial charge in [0, 0.05) is 13.0 Å². The number of ketones is 1. The summed E-state index contributed by atoms with van der Waals surface area (Å²) in [6, 6.07) is 9.00. The van der Waals surface area contributed by atoms with Gasteiger partial charge in [-0.2, -0.15) is 13.2 Å². The molecule has 1 aromatic rings. The van der Waals surface area contributed by atoms with Crippen LogP contribution in [0.1, 0.15) is 12.0 Å². The van der Waals surface area contributed by atoms with Gasteiger partial charge in [0.15, 0.2) is 5.78 Å². The van der Waals surface area contributed by atoms with E-state index in [1.54, 1.807) is 35.7 Å². The van der Waals surface area contributed by atoms with Crippen LogP contribution in [0.3, 0.4) is 0 Å². The molecule has 0 aliphatic rings. The van der Waals surface area contributed by atoms with E-state index in [0.29, 0.717) is 0 Å². The second kappa shape index (κ2) is 6.72. The number of amides is 1. The van der Waals surface area contributed by atoms with Gasteiger partial charge < -0.3 is 5.32 Å². The predicted octanol–water partition coefficient (Wildman–Crippen LogP) is 2.34. The molecule has 1 aromatic carbocycles. The van der Waals surface area contributed by atoms with Crippen molar-refractivity contribution in [2.75, 3.05) is 6.54 Å². The molecular weight excluding hydrogens is 259 g/mol. The summed E-state index contributed by atoms with van der Waals surface area (Å²) in [5.74, 6) is -2.39. The molecule has 0 unspecified atom stereocenters. The zero-order valence-corrected chi connectivity index (χ0v) is 9.91. The van der Waals surface area contributed by atoms with Crippen molar-refractivity contribution < 1.29 is 22.8 Å². The molecule has 0 radical (unpaired) electrons. The van der Waals surface area contributed by atoms with Crippen LogP contribution >= 0.6 is 0 Å². The van der Waals surface area contributed by atoms with Gasteiger partial charge >= 0.3 is 12.1 Å². The summed E-state index contributed by atoms with van der Waals surface area (Å²) in [6.45, 7) is -0.337. The SMILES string of the molecule is O=C(/C=C/c1ccccc1)CCNC(=O)C(F)(F)F. The van der Waals surface area contributed by atoms with Gasteiger partial charge in [-0.3, -0.25) is 9.59 Å². The van der Waals surface area contributed by atoms with Crippen LogP contribution in [0.5, 0.6) is 0 Å². The van der Waals surface area contributed by atoms with Gasteiger partial charge in [-0.25, -0.2) is 0 Å². The molecule has 0 atom stereocenters. The summed E-state index contributed by atoms with van der Waals surface area (Å²) >= 11 is 0. The lowest BCUT2D eigenvalue weighted by atomic mass is 10.2. The Morgan fingerprint density at radius 2 is 1.79 bits per heavy atom. The minimum absolute atomic E-state index is 0.175. The summed E-state index contributed by atoms with van der Waals surface area (Å²) in [7, 11) is 0. The number of benzene rings is 1. The predicted molar refractivity (Wildman–Crippen MR) is 64.2 cm³/mol. The van der Waals surface area contributed by atoms with Crippen LogP contribution in [0.15, 0.2) is 36.4 Å². The molecule has 0 fully saturated rings. The first-order valence-electron chi connectivity index (χ1n) is 5.50. The molecule has 0 aliphatic carbocycles. The summed E-state index contributed by atoms with van der Waals surface area (Å²) in [5.41, 5.74) is 0.815. The molecule has 1 rings (SSSR count). The van der Waals surface area contributed by atoms with Crippen molar-refractivity contribution in [3.63, 3.8) is 0 Å². The minimum atomic E-state index is -4.91. The maximum absolute atomic E-state index is 11.8. The van der Waals surface area contributed by atoms with E-state index in [1.807, 2.05) is 6.07 Å². The van der Waals surface area contributed by atoms with Crippen molar-refractivity contribution in [2.24, 2.45) is 0 Å². The smallest absolute Gasteiger partial charge is 0.348 e. The van der Waals surface area contributed by atoms with E-state index in [-0.39, 0.29) is 18.7 Å². The number of nitrogens with one attached hydrogen (secondary N) is 1. The summed E-state index contributed by atoms with van der Waals surface area (Å²) in [6.07, 6.45) is -2.25. The van der Waals surface area contributed by atoms with Gasteiger partial charge in [0.1, 0.15) is 0 Å². The van der Waals surface area contributed by atoms with Crippen LogP contribution in [0.25, 0.3) is 6.08 Å². The molecule has 0 saturated heterocycles. The van der Waals surface area contributed by atoms with Crippen molar-refractivity contribution in [1.29, 1.82) is 0 Å². The fraction of sp³-hybridized carbons (Fsp3) is 0.231. The summed E-state index contributed by atoms with van der Waals surface area (Å²) < 4.78 is 35.5. The highest BCUT2D eigenvalue weighted by Crippen LogP contribution is 2.13. The Labute approximate surface area is 108 Å². The lowest BCUT2D eigenvalue weighted by molar-refractivity contribution is -0.173. The Hall–Kier alpha value is -2.11. The number of hydrogen-bond acceptors (Lipinski definition) is 2. The topological polar surface area (TPSA) is 46.2 Å². The van der Waals surface area contributed by atoms with Gasteiger partial charge in [0.05, 0.1) is 0 Å². The second-order valence-corrected chi connectivity index (χ2v) is 3.71. The number of carbonyl (C=O) groups excluding carboxylic acids is 2. The number of allylic oxidation sites excluding steroid dienone is 1. The molecule has 0 aliphatic heterocycles. The average Bonchev–Trinajstić information content (AvgIpc) is 2.36. The largest absolute Gasteiger partial charge is 0.471 e. The molecule has 1 amide bonds. The molecule has 0 aromatic heterocycles. The second-order valence-electron chi connectivity index (χ2n) is 3.71. The van der Waals surface area contributed by atoms with Crippen LogP contribution in [0.2, 0.25) is 0 Å². The van der Waals surface area contributed by atoms with Crippen LogP contribution in [-0.2, 0) is 9.59 Å². The van der Waals surface area contributed by atoms with Crippen LogP contribution in [-0.4, -0.2) is 24.4 Å². The van der Waals surface area contributed by atoms with E-state index >= 15 is 0 Å². The van der Waals surface area contributed by atoms with Gasteiger partial charge in [-0.15, -0.1) is 0 Å². The van der Waals surface area contributed by atoms with Crippen molar-refractivity contribution >= 4 is 17.8 Å². The first-order chi connectivity index (χ1) is 8.89. The number of rotatable bonds is 5. The van der Waals surface area contributed by atoms with Gasteiger partial charge in [-0.05, 0) is 11.6 Å². The van der Waals surface area contributed by atoms with Gasteiger partial charge in [-0.1, -0.05) is 36.4 Å². The van der Waals surface area contributed by atoms with Gasteiger partial charge in [0.2, 0.25) is 0 Å². The molecule has 102 valence electrons. The standard InChI is InChI=1S/C13H12F3NO2/c14-13(15,16)12(19)17-9-8-11(18)7-6-10-4-2-1-3-5-10/h1-7H,8-9H2,(H,17,19)/b7-6+. The zero-order valence-electron chi connectivity index (χ0n) is 9.91. The average molecular weight is 271 g/mol. The van der Waals surface area contributed by atoms with E-state index in [2.05, 4.69) is 0 Å². The highest BCUT2D eigenvalue weighted by molar-refractivity contribution is 5.94. The molecule has 6 heteroatoms. The third kappa shape index (κ3) is 5.85. The molecule has 19 heavy (non-hydrogen) atoms. The van der Waals surface area contributed by atoms with Crippen molar-refractivity contribution in [1.82, 2.24) is 5.32 Å². The van der Waals surface area contributed by atoms with Crippen molar-refractivity contribution in [3.05, 3.63) is 42.0 Å². The monoisotopic (exact) mass is 271 g/mol. The molecule has 0 heterocycles. The van der Waals surface area contributed by atoms with Crippen molar-refractivity contribution in [3.8, 4) is 0 Å². The first-order valence-corrected chi connectivity index (χ1v) is 5.50. The normalized spacial score (nSPS) is 11.5. The molecule has 1 N–H and O–H groups in total. The summed E-state index contributed by atoms with van der Waals surface area (Å²) in [4.78, 5) is 21.8. The van der Waals surface area contributed by atoms with Gasteiger partial charge in [0.25, 0.3) is 0 Å². The Balaban J connectivity index is 2.33. The minimum Gasteiger partial charge on any atom is -0.348 e. The fourth-order valence-electron chi connectivity index (χ4n) is 1.24. The fourth-order valence-corrected chi connectivity index (χ4v) is 1.24. The molecular formula is C13H12F3NO2. The highest BCUT2D eigenvalue weighted by Gasteiger charge is 2.38. The quantitative estimate of drug-likeness (QED) is 0.835. The Morgan fingerprint density at radius 3 is 2.37 bits per heavy atom. The third-order valence-corrected chi connectivity index (χ3v) is 2.18.